The van der Waals surface area contributed by atoms with Gasteiger partial charge in [0.2, 0.25) is 20.9 Å². The van der Waals surface area contributed by atoms with Gasteiger partial charge in [-0.3, -0.25) is 14.9 Å². The van der Waals surface area contributed by atoms with Crippen LogP contribution in [0.5, 0.6) is 5.75 Å². The number of para-hydroxylation sites is 1. The second kappa shape index (κ2) is 13.6. The Balaban J connectivity index is 1.49. The Morgan fingerprint density at radius 1 is 1.05 bits per heavy atom. The zero-order chi connectivity index (χ0) is 32.1. The average Bonchev–Trinajstić information content (AvgIpc) is 2.97. The van der Waals surface area contributed by atoms with Crippen LogP contribution in [0.1, 0.15) is 18.5 Å². The van der Waals surface area contributed by atoms with Gasteiger partial charge < -0.3 is 10.1 Å². The van der Waals surface area contributed by atoms with Crippen LogP contribution in [-0.2, 0) is 20.8 Å². The Kier molecular flexibility index (Phi) is 10.1. The molecule has 16 heteroatoms. The number of hydrogen-bond donors (Lipinski definition) is 1. The SMILES string of the molecule is COc1ccccc1-c1cc(C(F)(F)F)nc(S(=O)(=O)CCCC(=O)Nc2cc(Sc3ccc(Cl)cc3)cc([N+](=O)[O-])c2)n1. The topological polar surface area (TPSA) is 141 Å². The highest BCUT2D eigenvalue weighted by molar-refractivity contribution is 7.99. The Morgan fingerprint density at radius 3 is 2.41 bits per heavy atom. The molecule has 3 aromatic carbocycles. The summed E-state index contributed by atoms with van der Waals surface area (Å²) in [5.74, 6) is -1.22. The van der Waals surface area contributed by atoms with E-state index in [4.69, 9.17) is 16.3 Å². The molecule has 0 aliphatic heterocycles. The van der Waals surface area contributed by atoms with Gasteiger partial charge in [0, 0.05) is 44.6 Å². The number of carbonyl (C=O) groups excluding carboxylic acids is 1. The van der Waals surface area contributed by atoms with Crippen molar-refractivity contribution in [3.63, 3.8) is 0 Å². The number of alkyl halides is 3. The third kappa shape index (κ3) is 8.45. The Bertz CT molecular complexity index is 1810. The number of amides is 1. The zero-order valence-corrected chi connectivity index (χ0v) is 25.1. The maximum atomic E-state index is 13.6. The highest BCUT2D eigenvalue weighted by Gasteiger charge is 2.35. The number of nitrogens with zero attached hydrogens (tertiary/aromatic N) is 3. The molecule has 1 aromatic heterocycles. The molecule has 0 saturated carbocycles. The first kappa shape index (κ1) is 32.7. The van der Waals surface area contributed by atoms with Gasteiger partial charge in [-0.1, -0.05) is 35.5 Å². The number of rotatable bonds is 11. The normalized spacial score (nSPS) is 11.7. The summed E-state index contributed by atoms with van der Waals surface area (Å²) in [5, 5.41) is 13.4. The number of nitrogens with one attached hydrogen (secondary N) is 1. The lowest BCUT2D eigenvalue weighted by atomic mass is 10.1. The van der Waals surface area contributed by atoms with Gasteiger partial charge in [-0.05, 0) is 55.0 Å². The number of nitro benzene ring substituents is 1. The van der Waals surface area contributed by atoms with E-state index in [1.807, 2.05) is 0 Å². The highest BCUT2D eigenvalue weighted by Crippen LogP contribution is 2.35. The fourth-order valence-electron chi connectivity index (χ4n) is 3.90. The smallest absolute Gasteiger partial charge is 0.433 e. The second-order valence-corrected chi connectivity index (χ2v) is 12.7. The predicted octanol–water partition coefficient (Wildman–Crippen LogP) is 7.08. The van der Waals surface area contributed by atoms with Crippen molar-refractivity contribution in [2.45, 2.75) is 34.0 Å². The van der Waals surface area contributed by atoms with Crippen LogP contribution in [0.3, 0.4) is 0 Å². The molecule has 230 valence electrons. The van der Waals surface area contributed by atoms with Gasteiger partial charge in [-0.2, -0.15) is 13.2 Å². The number of non-ortho nitro benzene ring substituents is 1. The quantitative estimate of drug-likeness (QED) is 0.101. The van der Waals surface area contributed by atoms with E-state index in [1.165, 1.54) is 49.2 Å². The summed E-state index contributed by atoms with van der Waals surface area (Å²) in [6.07, 6.45) is -5.62. The molecule has 1 N–H and O–H groups in total. The molecule has 44 heavy (non-hydrogen) atoms. The molecule has 0 bridgehead atoms. The predicted molar refractivity (Wildman–Crippen MR) is 158 cm³/mol. The number of nitro groups is 1. The second-order valence-electron chi connectivity index (χ2n) is 9.12. The van der Waals surface area contributed by atoms with E-state index >= 15 is 0 Å². The van der Waals surface area contributed by atoms with Crippen molar-refractivity contribution in [1.82, 2.24) is 9.97 Å². The fourth-order valence-corrected chi connectivity index (χ4v) is 6.12. The van der Waals surface area contributed by atoms with Crippen LogP contribution in [0.4, 0.5) is 24.5 Å². The number of ether oxygens (including phenoxy) is 1. The largest absolute Gasteiger partial charge is 0.496 e. The maximum absolute atomic E-state index is 13.6. The molecule has 4 rings (SSSR count). The Morgan fingerprint density at radius 2 is 1.75 bits per heavy atom. The average molecular weight is 667 g/mol. The molecule has 0 aliphatic rings. The first-order valence-electron chi connectivity index (χ1n) is 12.6. The summed E-state index contributed by atoms with van der Waals surface area (Å²) in [4.78, 5) is 31.8. The number of methoxy groups -OCH3 is 1. The maximum Gasteiger partial charge on any atom is 0.433 e. The van der Waals surface area contributed by atoms with Gasteiger partial charge in [0.25, 0.3) is 5.69 Å². The summed E-state index contributed by atoms with van der Waals surface area (Å²) in [5.41, 5.74) is -1.81. The van der Waals surface area contributed by atoms with Gasteiger partial charge >= 0.3 is 6.18 Å². The first-order valence-corrected chi connectivity index (χ1v) is 15.4. The number of anilines is 1. The number of aromatic nitrogens is 2. The van der Waals surface area contributed by atoms with Gasteiger partial charge in [0.1, 0.15) is 11.4 Å². The van der Waals surface area contributed by atoms with Gasteiger partial charge in [0.05, 0.1) is 23.5 Å². The summed E-state index contributed by atoms with van der Waals surface area (Å²) in [6.45, 7) is 0. The van der Waals surface area contributed by atoms with Crippen molar-refractivity contribution in [2.75, 3.05) is 18.2 Å². The van der Waals surface area contributed by atoms with Gasteiger partial charge in [-0.25, -0.2) is 18.4 Å². The molecular weight excluding hydrogens is 645 g/mol. The third-order valence-corrected chi connectivity index (χ3v) is 8.71. The van der Waals surface area contributed by atoms with Crippen molar-refractivity contribution >= 4 is 50.5 Å². The van der Waals surface area contributed by atoms with Crippen molar-refractivity contribution in [1.29, 1.82) is 0 Å². The van der Waals surface area contributed by atoms with Gasteiger partial charge in [-0.15, -0.1) is 0 Å². The third-order valence-electron chi connectivity index (χ3n) is 5.91. The molecule has 1 amide bonds. The summed E-state index contributed by atoms with van der Waals surface area (Å²) in [7, 11) is -3.16. The van der Waals surface area contributed by atoms with E-state index in [-0.39, 0.29) is 41.2 Å². The van der Waals surface area contributed by atoms with Crippen molar-refractivity contribution in [3.05, 3.63) is 93.6 Å². The van der Waals surface area contributed by atoms with E-state index < -0.39 is 43.4 Å². The van der Waals surface area contributed by atoms with Crippen LogP contribution >= 0.6 is 23.4 Å². The number of sulfone groups is 1. The first-order chi connectivity index (χ1) is 20.7. The lowest BCUT2D eigenvalue weighted by Crippen LogP contribution is -2.18. The van der Waals surface area contributed by atoms with Crippen LogP contribution in [0, 0.1) is 10.1 Å². The van der Waals surface area contributed by atoms with Crippen molar-refractivity contribution < 1.29 is 36.0 Å². The monoisotopic (exact) mass is 666 g/mol. The van der Waals surface area contributed by atoms with Crippen LogP contribution in [0.15, 0.2) is 87.7 Å². The minimum absolute atomic E-state index is 0.103. The molecule has 0 unspecified atom stereocenters. The lowest BCUT2D eigenvalue weighted by molar-refractivity contribution is -0.385. The number of halogens is 4. The van der Waals surface area contributed by atoms with E-state index in [2.05, 4.69) is 15.3 Å². The molecule has 0 spiro atoms. The Hall–Kier alpha value is -4.21. The number of hydrogen-bond acceptors (Lipinski definition) is 9. The Labute approximate surface area is 258 Å². The van der Waals surface area contributed by atoms with Crippen LogP contribution in [0.25, 0.3) is 11.3 Å². The van der Waals surface area contributed by atoms with E-state index in [9.17, 15) is 36.5 Å². The summed E-state index contributed by atoms with van der Waals surface area (Å²) < 4.78 is 72.1. The molecule has 10 nitrogen and oxygen atoms in total. The molecule has 1 heterocycles. The molecule has 0 saturated heterocycles. The minimum Gasteiger partial charge on any atom is -0.496 e. The van der Waals surface area contributed by atoms with E-state index in [0.29, 0.717) is 16.0 Å². The van der Waals surface area contributed by atoms with Crippen LogP contribution in [0.2, 0.25) is 5.02 Å². The molecule has 0 radical (unpaired) electrons. The standard InChI is InChI=1S/C28H22ClF3N4O6S2/c1-42-24-6-3-2-5-22(24)23-16-25(28(30,31)32)35-27(34-23)44(40,41)12-4-7-26(37)33-18-13-19(36(38)39)15-21(14-18)43-20-10-8-17(29)9-11-20/h2-3,5-6,8-11,13-16H,4,7,12H2,1H3,(H,33,37). The van der Waals surface area contributed by atoms with E-state index in [1.54, 1.807) is 30.3 Å². The molecule has 0 atom stereocenters. The van der Waals surface area contributed by atoms with Gasteiger partial charge in [0.15, 0.2) is 0 Å². The fraction of sp³-hybridized carbons (Fsp3) is 0.179. The van der Waals surface area contributed by atoms with Crippen molar-refractivity contribution in [3.8, 4) is 17.0 Å². The molecule has 4 aromatic rings. The van der Waals surface area contributed by atoms with E-state index in [0.717, 1.165) is 11.0 Å². The van der Waals surface area contributed by atoms with Crippen molar-refractivity contribution in [2.24, 2.45) is 0 Å². The lowest BCUT2D eigenvalue weighted by Gasteiger charge is -2.13. The summed E-state index contributed by atoms with van der Waals surface area (Å²) >= 11 is 7.09. The molecule has 0 fully saturated rings. The molecule has 0 aliphatic carbocycles. The van der Waals surface area contributed by atoms with Crippen LogP contribution < -0.4 is 10.1 Å². The highest BCUT2D eigenvalue weighted by atomic mass is 35.5. The number of carbonyl (C=O) groups is 1. The minimum atomic E-state index is -4.97. The summed E-state index contributed by atoms with van der Waals surface area (Å²) in [6, 6.07) is 17.4. The zero-order valence-electron chi connectivity index (χ0n) is 22.7. The molecular formula is C28H22ClF3N4O6S2. The van der Waals surface area contributed by atoms with Crippen LogP contribution in [-0.4, -0.2) is 42.1 Å². The number of benzene rings is 3.